The zero-order valence-corrected chi connectivity index (χ0v) is 17.5. The van der Waals surface area contributed by atoms with E-state index in [0.29, 0.717) is 12.5 Å². The Morgan fingerprint density at radius 3 is 2.62 bits per heavy atom. The van der Waals surface area contributed by atoms with E-state index in [4.69, 9.17) is 4.98 Å². The Balaban J connectivity index is 1.33. The SMILES string of the molecule is CC(=O)N1CCc2nc(C3CCN(C/C(C)=C/c4ccccc4)CC3)ncc2C1. The van der Waals surface area contributed by atoms with Gasteiger partial charge in [0.15, 0.2) is 0 Å². The molecular weight excluding hydrogens is 360 g/mol. The molecule has 0 unspecified atom stereocenters. The Bertz CT molecular complexity index is 885. The Hall–Kier alpha value is -2.53. The van der Waals surface area contributed by atoms with Gasteiger partial charge in [-0.2, -0.15) is 0 Å². The summed E-state index contributed by atoms with van der Waals surface area (Å²) in [5, 5.41) is 0. The molecule has 0 bridgehead atoms. The van der Waals surface area contributed by atoms with E-state index >= 15 is 0 Å². The second-order valence-corrected chi connectivity index (χ2v) is 8.34. The highest BCUT2D eigenvalue weighted by molar-refractivity contribution is 5.73. The maximum atomic E-state index is 11.6. The molecule has 29 heavy (non-hydrogen) atoms. The van der Waals surface area contributed by atoms with Gasteiger partial charge in [0.1, 0.15) is 5.82 Å². The summed E-state index contributed by atoms with van der Waals surface area (Å²) in [5.74, 6) is 1.57. The molecule has 0 atom stereocenters. The molecule has 1 saturated heterocycles. The molecule has 1 amide bonds. The molecule has 1 aromatic carbocycles. The number of amides is 1. The van der Waals surface area contributed by atoms with Gasteiger partial charge in [-0.1, -0.05) is 42.0 Å². The highest BCUT2D eigenvalue weighted by Gasteiger charge is 2.25. The van der Waals surface area contributed by atoms with Gasteiger partial charge in [-0.05, 0) is 38.4 Å². The summed E-state index contributed by atoms with van der Waals surface area (Å²) in [5.41, 5.74) is 4.91. The number of nitrogens with zero attached hydrogens (tertiary/aromatic N) is 4. The van der Waals surface area contributed by atoms with E-state index in [1.54, 1.807) is 6.92 Å². The quantitative estimate of drug-likeness (QED) is 0.799. The third-order valence-corrected chi connectivity index (χ3v) is 6.04. The van der Waals surface area contributed by atoms with Crippen molar-refractivity contribution >= 4 is 12.0 Å². The van der Waals surface area contributed by atoms with Crippen LogP contribution in [0.2, 0.25) is 0 Å². The molecule has 1 aromatic heterocycles. The Kier molecular flexibility index (Phi) is 6.05. The van der Waals surface area contributed by atoms with Crippen molar-refractivity contribution in [2.75, 3.05) is 26.2 Å². The van der Waals surface area contributed by atoms with Crippen LogP contribution in [0, 0.1) is 0 Å². The molecule has 0 radical (unpaired) electrons. The van der Waals surface area contributed by atoms with Crippen molar-refractivity contribution in [1.29, 1.82) is 0 Å². The van der Waals surface area contributed by atoms with Crippen LogP contribution in [0.5, 0.6) is 0 Å². The Morgan fingerprint density at radius 1 is 1.14 bits per heavy atom. The van der Waals surface area contributed by atoms with E-state index in [0.717, 1.165) is 62.5 Å². The van der Waals surface area contributed by atoms with Crippen molar-refractivity contribution in [2.24, 2.45) is 0 Å². The molecule has 152 valence electrons. The summed E-state index contributed by atoms with van der Waals surface area (Å²) in [4.78, 5) is 25.6. The number of carbonyl (C=O) groups is 1. The maximum absolute atomic E-state index is 11.6. The second-order valence-electron chi connectivity index (χ2n) is 8.34. The van der Waals surface area contributed by atoms with Crippen molar-refractivity contribution in [1.82, 2.24) is 19.8 Å². The van der Waals surface area contributed by atoms with Gasteiger partial charge in [0, 0.05) is 50.7 Å². The summed E-state index contributed by atoms with van der Waals surface area (Å²) >= 11 is 0. The van der Waals surface area contributed by atoms with Crippen molar-refractivity contribution in [3.8, 4) is 0 Å². The third kappa shape index (κ3) is 4.91. The fourth-order valence-electron chi connectivity index (χ4n) is 4.38. The fraction of sp³-hybridized carbons (Fsp3) is 0.458. The molecule has 2 aliphatic rings. The van der Waals surface area contributed by atoms with Gasteiger partial charge in [-0.3, -0.25) is 9.69 Å². The van der Waals surface area contributed by atoms with Crippen molar-refractivity contribution in [2.45, 2.75) is 45.6 Å². The Morgan fingerprint density at radius 2 is 1.90 bits per heavy atom. The average molecular weight is 391 g/mol. The monoisotopic (exact) mass is 390 g/mol. The van der Waals surface area contributed by atoms with E-state index < -0.39 is 0 Å². The molecule has 3 heterocycles. The summed E-state index contributed by atoms with van der Waals surface area (Å²) in [7, 11) is 0. The van der Waals surface area contributed by atoms with Gasteiger partial charge in [0.25, 0.3) is 0 Å². The van der Waals surface area contributed by atoms with Gasteiger partial charge in [-0.15, -0.1) is 0 Å². The molecule has 0 aliphatic carbocycles. The maximum Gasteiger partial charge on any atom is 0.219 e. The van der Waals surface area contributed by atoms with Gasteiger partial charge in [0.2, 0.25) is 5.91 Å². The summed E-state index contributed by atoms with van der Waals surface area (Å²) in [6.07, 6.45) is 7.29. The molecule has 5 heteroatoms. The van der Waals surface area contributed by atoms with Gasteiger partial charge < -0.3 is 4.90 Å². The van der Waals surface area contributed by atoms with Crippen LogP contribution in [0.4, 0.5) is 0 Å². The lowest BCUT2D eigenvalue weighted by Gasteiger charge is -2.32. The van der Waals surface area contributed by atoms with Crippen molar-refractivity contribution in [3.05, 3.63) is 64.7 Å². The second kappa shape index (κ2) is 8.87. The van der Waals surface area contributed by atoms with Crippen LogP contribution in [0.15, 0.2) is 42.1 Å². The first-order chi connectivity index (χ1) is 14.1. The van der Waals surface area contributed by atoms with Crippen LogP contribution in [-0.2, 0) is 17.8 Å². The van der Waals surface area contributed by atoms with Crippen LogP contribution < -0.4 is 0 Å². The first-order valence-corrected chi connectivity index (χ1v) is 10.6. The molecule has 1 fully saturated rings. The predicted octanol–water partition coefficient (Wildman–Crippen LogP) is 3.66. The van der Waals surface area contributed by atoms with E-state index in [-0.39, 0.29) is 5.91 Å². The number of piperidine rings is 1. The summed E-state index contributed by atoms with van der Waals surface area (Å²) in [6.45, 7) is 8.46. The molecule has 5 nitrogen and oxygen atoms in total. The molecule has 4 rings (SSSR count). The van der Waals surface area contributed by atoms with Crippen LogP contribution >= 0.6 is 0 Å². The lowest BCUT2D eigenvalue weighted by molar-refractivity contribution is -0.129. The van der Waals surface area contributed by atoms with E-state index in [1.165, 1.54) is 11.1 Å². The summed E-state index contributed by atoms with van der Waals surface area (Å²) in [6, 6.07) is 10.5. The molecule has 0 spiro atoms. The van der Waals surface area contributed by atoms with Crippen molar-refractivity contribution < 1.29 is 4.79 Å². The lowest BCUT2D eigenvalue weighted by atomic mass is 9.95. The average Bonchev–Trinajstić information content (AvgIpc) is 2.74. The van der Waals surface area contributed by atoms with E-state index in [2.05, 4.69) is 53.2 Å². The topological polar surface area (TPSA) is 49.3 Å². The molecule has 2 aromatic rings. The molecule has 2 aliphatic heterocycles. The summed E-state index contributed by atoms with van der Waals surface area (Å²) < 4.78 is 0. The standard InChI is InChI=1S/C24H30N4O/c1-18(14-20-6-4-3-5-7-20)16-27-11-8-21(9-12-27)24-25-15-22-17-28(19(2)29)13-10-23(22)26-24/h3-7,14-15,21H,8-13,16-17H2,1-2H3/b18-14+. The first kappa shape index (κ1) is 19.8. The Labute approximate surface area is 173 Å². The third-order valence-electron chi connectivity index (χ3n) is 6.04. The number of hydrogen-bond donors (Lipinski definition) is 0. The number of likely N-dealkylation sites (tertiary alicyclic amines) is 1. The smallest absolute Gasteiger partial charge is 0.219 e. The minimum absolute atomic E-state index is 0.128. The highest BCUT2D eigenvalue weighted by Crippen LogP contribution is 2.27. The predicted molar refractivity (Wildman–Crippen MR) is 115 cm³/mol. The zero-order chi connectivity index (χ0) is 20.2. The van der Waals surface area contributed by atoms with E-state index in [9.17, 15) is 4.79 Å². The minimum atomic E-state index is 0.128. The molecule has 0 N–H and O–H groups in total. The number of aromatic nitrogens is 2. The van der Waals surface area contributed by atoms with Gasteiger partial charge in [-0.25, -0.2) is 9.97 Å². The lowest BCUT2D eigenvalue weighted by Crippen LogP contribution is -2.36. The van der Waals surface area contributed by atoms with Crippen molar-refractivity contribution in [3.63, 3.8) is 0 Å². The first-order valence-electron chi connectivity index (χ1n) is 10.6. The normalized spacial score (nSPS) is 18.6. The van der Waals surface area contributed by atoms with E-state index in [1.807, 2.05) is 11.1 Å². The molecule has 0 saturated carbocycles. The fourth-order valence-corrected chi connectivity index (χ4v) is 4.38. The van der Waals surface area contributed by atoms with Crippen LogP contribution in [0.3, 0.4) is 0 Å². The zero-order valence-electron chi connectivity index (χ0n) is 17.5. The number of hydrogen-bond acceptors (Lipinski definition) is 4. The van der Waals surface area contributed by atoms with Crippen LogP contribution in [0.1, 0.15) is 55.3 Å². The van der Waals surface area contributed by atoms with Crippen LogP contribution in [-0.4, -0.2) is 51.9 Å². The largest absolute Gasteiger partial charge is 0.338 e. The van der Waals surface area contributed by atoms with Gasteiger partial charge >= 0.3 is 0 Å². The molecular formula is C24H30N4O. The van der Waals surface area contributed by atoms with Crippen LogP contribution in [0.25, 0.3) is 6.08 Å². The number of fused-ring (bicyclic) bond motifs is 1. The number of carbonyl (C=O) groups excluding carboxylic acids is 1. The minimum Gasteiger partial charge on any atom is -0.338 e. The highest BCUT2D eigenvalue weighted by atomic mass is 16.2. The van der Waals surface area contributed by atoms with Gasteiger partial charge in [0.05, 0.1) is 5.69 Å². The number of benzene rings is 1. The number of rotatable bonds is 4.